The van der Waals surface area contributed by atoms with Crippen LogP contribution in [-0.4, -0.2) is 0 Å². The Kier molecular flexibility index (Phi) is 1.82. The summed E-state index contributed by atoms with van der Waals surface area (Å²) in [5.41, 5.74) is 2.84. The second-order valence-electron chi connectivity index (χ2n) is 2.70. The monoisotopic (exact) mass is 207 g/mol. The average molecular weight is 208 g/mol. The van der Waals surface area contributed by atoms with Crippen LogP contribution in [0.25, 0.3) is 0 Å². The lowest BCUT2D eigenvalue weighted by atomic mass is 9.97. The molecule has 0 nitrogen and oxygen atoms in total. The van der Waals surface area contributed by atoms with E-state index < -0.39 is 0 Å². The van der Waals surface area contributed by atoms with Gasteiger partial charge < -0.3 is 0 Å². The van der Waals surface area contributed by atoms with Gasteiger partial charge in [-0.15, -0.1) is 0 Å². The van der Waals surface area contributed by atoms with Gasteiger partial charge in [0.1, 0.15) is 0 Å². The minimum absolute atomic E-state index is 0.975. The van der Waals surface area contributed by atoms with Crippen molar-refractivity contribution in [3.05, 3.63) is 46.0 Å². The Labute approximate surface area is 75.1 Å². The first-order valence-electron chi connectivity index (χ1n) is 3.68. The van der Waals surface area contributed by atoms with Crippen LogP contribution in [-0.2, 0) is 12.8 Å². The quantitative estimate of drug-likeness (QED) is 0.614. The molecule has 1 aliphatic rings. The van der Waals surface area contributed by atoms with Crippen molar-refractivity contribution in [2.45, 2.75) is 12.8 Å². The Hall–Kier alpha value is -0.560. The van der Waals surface area contributed by atoms with Gasteiger partial charge in [-0.25, -0.2) is 0 Å². The summed E-state index contributed by atoms with van der Waals surface area (Å²) in [6, 6.07) is 6.44. The van der Waals surface area contributed by atoms with Crippen molar-refractivity contribution >= 4 is 15.9 Å². The van der Waals surface area contributed by atoms with Crippen molar-refractivity contribution in [3.63, 3.8) is 0 Å². The van der Waals surface area contributed by atoms with Crippen molar-refractivity contribution < 1.29 is 0 Å². The summed E-state index contributed by atoms with van der Waals surface area (Å²) in [5, 5.41) is 0. The first-order chi connectivity index (χ1) is 5.36. The highest BCUT2D eigenvalue weighted by molar-refractivity contribution is 9.10. The molecule has 0 atom stereocenters. The van der Waals surface area contributed by atoms with Gasteiger partial charge in [-0.05, 0) is 42.2 Å². The summed E-state index contributed by atoms with van der Waals surface area (Å²) in [6.07, 6.45) is 7.34. The molecular formula is C10H8Br. The molecule has 0 fully saturated rings. The molecule has 0 saturated carbocycles. The Balaban J connectivity index is 2.48. The van der Waals surface area contributed by atoms with Crippen LogP contribution in [0.15, 0.2) is 28.7 Å². The average Bonchev–Trinajstić information content (AvgIpc) is 2.04. The normalized spacial score (nSPS) is 14.6. The molecule has 2 rings (SSSR count). The molecule has 0 aromatic heterocycles. The predicted octanol–water partition coefficient (Wildman–Crippen LogP) is 2.91. The van der Waals surface area contributed by atoms with E-state index in [0.717, 1.165) is 12.8 Å². The molecule has 11 heavy (non-hydrogen) atoms. The van der Waals surface area contributed by atoms with Crippen LogP contribution in [0, 0.1) is 6.08 Å². The van der Waals surface area contributed by atoms with Crippen molar-refractivity contribution in [1.29, 1.82) is 0 Å². The van der Waals surface area contributed by atoms with Gasteiger partial charge in [-0.3, -0.25) is 0 Å². The fourth-order valence-electron chi connectivity index (χ4n) is 1.32. The second-order valence-corrected chi connectivity index (χ2v) is 3.62. The van der Waals surface area contributed by atoms with Gasteiger partial charge in [0.15, 0.2) is 0 Å². The maximum absolute atomic E-state index is 3.46. The van der Waals surface area contributed by atoms with Crippen LogP contribution in [0.5, 0.6) is 0 Å². The Bertz CT molecular complexity index is 300. The zero-order valence-electron chi connectivity index (χ0n) is 6.10. The lowest BCUT2D eigenvalue weighted by molar-refractivity contribution is 1.07. The predicted molar refractivity (Wildman–Crippen MR) is 49.4 cm³/mol. The van der Waals surface area contributed by atoms with Crippen LogP contribution >= 0.6 is 15.9 Å². The lowest BCUT2D eigenvalue weighted by Gasteiger charge is -2.09. The van der Waals surface area contributed by atoms with Crippen molar-refractivity contribution in [1.82, 2.24) is 0 Å². The fourth-order valence-corrected chi connectivity index (χ4v) is 1.73. The van der Waals surface area contributed by atoms with E-state index in [0.29, 0.717) is 0 Å². The lowest BCUT2D eigenvalue weighted by Crippen LogP contribution is -1.96. The molecule has 0 saturated heterocycles. The van der Waals surface area contributed by atoms with Crippen LogP contribution in [0.1, 0.15) is 11.1 Å². The summed E-state index contributed by atoms with van der Waals surface area (Å²) in [5.74, 6) is 0. The number of hydrogen-bond donors (Lipinski definition) is 0. The molecule has 1 aliphatic carbocycles. The molecule has 0 aliphatic heterocycles. The van der Waals surface area contributed by atoms with Gasteiger partial charge in [0.05, 0.1) is 0 Å². The summed E-state index contributed by atoms with van der Waals surface area (Å²) in [6.45, 7) is 0. The van der Waals surface area contributed by atoms with Crippen molar-refractivity contribution in [2.24, 2.45) is 0 Å². The molecule has 1 radical (unpaired) electrons. The number of hydrogen-bond acceptors (Lipinski definition) is 0. The molecule has 0 spiro atoms. The van der Waals surface area contributed by atoms with Gasteiger partial charge in [0.25, 0.3) is 0 Å². The summed E-state index contributed by atoms with van der Waals surface area (Å²) < 4.78 is 1.17. The Morgan fingerprint density at radius 2 is 2.18 bits per heavy atom. The fraction of sp³-hybridized carbons (Fsp3) is 0.200. The molecule has 1 aromatic rings. The van der Waals surface area contributed by atoms with Gasteiger partial charge >= 0.3 is 0 Å². The second kappa shape index (κ2) is 2.82. The number of allylic oxidation sites excluding steroid dienone is 2. The molecular weight excluding hydrogens is 200 g/mol. The third kappa shape index (κ3) is 1.38. The molecule has 1 aromatic carbocycles. The van der Waals surface area contributed by atoms with E-state index in [1.54, 1.807) is 0 Å². The summed E-state index contributed by atoms with van der Waals surface area (Å²) in [7, 11) is 0. The summed E-state index contributed by atoms with van der Waals surface area (Å²) >= 11 is 3.46. The van der Waals surface area contributed by atoms with Crippen LogP contribution < -0.4 is 0 Å². The standard InChI is InChI=1S/C10H8Br/c11-10-6-5-8-3-1-2-4-9(8)7-10/h2,5-7H,3-4H2. The van der Waals surface area contributed by atoms with Crippen LogP contribution in [0.2, 0.25) is 0 Å². The van der Waals surface area contributed by atoms with E-state index in [1.165, 1.54) is 15.6 Å². The van der Waals surface area contributed by atoms with Gasteiger partial charge in [-0.1, -0.05) is 28.1 Å². The largest absolute Gasteiger partial charge is 0.0763 e. The number of benzene rings is 1. The molecule has 0 unspecified atom stereocenters. The first kappa shape index (κ1) is 7.11. The molecule has 0 heterocycles. The topological polar surface area (TPSA) is 0 Å². The van der Waals surface area contributed by atoms with E-state index in [9.17, 15) is 0 Å². The third-order valence-corrected chi connectivity index (χ3v) is 2.42. The van der Waals surface area contributed by atoms with Crippen LogP contribution in [0.4, 0.5) is 0 Å². The summed E-state index contributed by atoms with van der Waals surface area (Å²) in [4.78, 5) is 0. The maximum atomic E-state index is 3.46. The number of rotatable bonds is 0. The molecule has 0 N–H and O–H groups in total. The molecule has 55 valence electrons. The zero-order chi connectivity index (χ0) is 7.68. The van der Waals surface area contributed by atoms with Gasteiger partial charge in [0.2, 0.25) is 0 Å². The van der Waals surface area contributed by atoms with E-state index in [1.807, 2.05) is 0 Å². The van der Waals surface area contributed by atoms with E-state index >= 15 is 0 Å². The third-order valence-electron chi connectivity index (χ3n) is 1.93. The highest BCUT2D eigenvalue weighted by atomic mass is 79.9. The molecule has 0 amide bonds. The van der Waals surface area contributed by atoms with Gasteiger partial charge in [0, 0.05) is 4.47 Å². The minimum Gasteiger partial charge on any atom is -0.0763 e. The van der Waals surface area contributed by atoms with E-state index in [-0.39, 0.29) is 0 Å². The van der Waals surface area contributed by atoms with Crippen molar-refractivity contribution in [2.75, 3.05) is 0 Å². The van der Waals surface area contributed by atoms with Crippen molar-refractivity contribution in [3.8, 4) is 0 Å². The minimum atomic E-state index is 0.975. The van der Waals surface area contributed by atoms with Gasteiger partial charge in [-0.2, -0.15) is 0 Å². The van der Waals surface area contributed by atoms with E-state index in [4.69, 9.17) is 0 Å². The van der Waals surface area contributed by atoms with E-state index in [2.05, 4.69) is 46.3 Å². The maximum Gasteiger partial charge on any atom is 0.0178 e. The van der Waals surface area contributed by atoms with Crippen LogP contribution in [0.3, 0.4) is 0 Å². The Morgan fingerprint density at radius 1 is 1.27 bits per heavy atom. The molecule has 0 bridgehead atoms. The highest BCUT2D eigenvalue weighted by Crippen LogP contribution is 2.20. The SMILES string of the molecule is Brc1ccc2c(c1)CC=[C]C2. The Morgan fingerprint density at radius 3 is 3.09 bits per heavy atom. The number of halogens is 1. The zero-order valence-corrected chi connectivity index (χ0v) is 7.69. The first-order valence-corrected chi connectivity index (χ1v) is 4.48. The highest BCUT2D eigenvalue weighted by Gasteiger charge is 2.03. The molecule has 1 heteroatoms. The number of fused-ring (bicyclic) bond motifs is 1. The smallest absolute Gasteiger partial charge is 0.0178 e.